The van der Waals surface area contributed by atoms with Gasteiger partial charge in [-0.15, -0.1) is 0 Å². The zero-order chi connectivity index (χ0) is 13.5. The van der Waals surface area contributed by atoms with Crippen LogP contribution in [0.1, 0.15) is 13.8 Å². The molecule has 100 valence electrons. The van der Waals surface area contributed by atoms with Gasteiger partial charge in [0.15, 0.2) is 0 Å². The maximum Gasteiger partial charge on any atom is 0.319 e. The van der Waals surface area contributed by atoms with E-state index in [0.717, 1.165) is 10.2 Å². The minimum atomic E-state index is -0.567. The molecule has 0 saturated carbocycles. The highest BCUT2D eigenvalue weighted by Gasteiger charge is 2.06. The number of ether oxygens (including phenoxy) is 1. The predicted octanol–water partition coefficient (Wildman–Crippen LogP) is 2.35. The summed E-state index contributed by atoms with van der Waals surface area (Å²) in [5.41, 5.74) is 0.647. The Hall–Kier alpha value is -1.27. The van der Waals surface area contributed by atoms with Gasteiger partial charge in [-0.3, -0.25) is 0 Å². The lowest BCUT2D eigenvalue weighted by atomic mass is 10.3. The van der Waals surface area contributed by atoms with Crippen molar-refractivity contribution in [3.05, 3.63) is 22.7 Å². The number of carbonyl (C=O) groups excluding carboxylic acids is 1. The van der Waals surface area contributed by atoms with E-state index in [4.69, 9.17) is 9.84 Å². The Kier molecular flexibility index (Phi) is 5.94. The molecule has 3 N–H and O–H groups in total. The van der Waals surface area contributed by atoms with Crippen molar-refractivity contribution < 1.29 is 14.6 Å². The van der Waals surface area contributed by atoms with Crippen molar-refractivity contribution in [1.82, 2.24) is 5.32 Å². The Balaban J connectivity index is 2.57. The number of rotatable bonds is 5. The molecule has 0 unspecified atom stereocenters. The highest BCUT2D eigenvalue weighted by Crippen LogP contribution is 2.27. The lowest BCUT2D eigenvalue weighted by Crippen LogP contribution is -2.34. The summed E-state index contributed by atoms with van der Waals surface area (Å²) >= 11 is 3.36. The maximum absolute atomic E-state index is 11.5. The van der Waals surface area contributed by atoms with Gasteiger partial charge < -0.3 is 20.5 Å². The molecule has 1 aromatic carbocycles. The average molecular weight is 317 g/mol. The van der Waals surface area contributed by atoms with Crippen LogP contribution in [-0.2, 0) is 0 Å². The van der Waals surface area contributed by atoms with Crippen LogP contribution in [0.5, 0.6) is 5.75 Å². The normalized spacial score (nSPS) is 11.8. The van der Waals surface area contributed by atoms with Gasteiger partial charge in [0, 0.05) is 12.2 Å². The number of carbonyl (C=O) groups is 1. The van der Waals surface area contributed by atoms with Crippen LogP contribution in [0.3, 0.4) is 0 Å². The highest BCUT2D eigenvalue weighted by atomic mass is 79.9. The molecule has 1 atom stereocenters. The highest BCUT2D eigenvalue weighted by molar-refractivity contribution is 9.10. The number of amides is 2. The van der Waals surface area contributed by atoms with Crippen LogP contribution in [-0.4, -0.2) is 30.4 Å². The third-order valence-corrected chi connectivity index (χ3v) is 2.67. The van der Waals surface area contributed by atoms with Crippen LogP contribution in [0.15, 0.2) is 22.7 Å². The van der Waals surface area contributed by atoms with Crippen molar-refractivity contribution in [2.45, 2.75) is 20.0 Å². The Morgan fingerprint density at radius 1 is 1.56 bits per heavy atom. The first-order valence-electron chi connectivity index (χ1n) is 5.68. The fraction of sp³-hybridized carbons (Fsp3) is 0.417. The van der Waals surface area contributed by atoms with Gasteiger partial charge in [-0.05, 0) is 48.0 Å². The van der Waals surface area contributed by atoms with Gasteiger partial charge in [-0.25, -0.2) is 4.79 Å². The molecule has 1 aromatic rings. The summed E-state index contributed by atoms with van der Waals surface area (Å²) in [7, 11) is 0. The molecule has 0 aliphatic carbocycles. The molecule has 0 bridgehead atoms. The van der Waals surface area contributed by atoms with Gasteiger partial charge in [-0.2, -0.15) is 0 Å². The Morgan fingerprint density at radius 3 is 2.83 bits per heavy atom. The fourth-order valence-corrected chi connectivity index (χ4v) is 1.76. The maximum atomic E-state index is 11.5. The van der Waals surface area contributed by atoms with Crippen molar-refractivity contribution in [3.8, 4) is 5.75 Å². The molecule has 5 nitrogen and oxygen atoms in total. The van der Waals surface area contributed by atoms with E-state index in [1.54, 1.807) is 25.1 Å². The number of halogens is 1. The van der Waals surface area contributed by atoms with Crippen molar-refractivity contribution in [2.24, 2.45) is 0 Å². The van der Waals surface area contributed by atoms with E-state index in [1.807, 2.05) is 6.92 Å². The minimum Gasteiger partial charge on any atom is -0.493 e. The van der Waals surface area contributed by atoms with E-state index < -0.39 is 6.10 Å². The molecular formula is C12H17BrN2O3. The number of urea groups is 1. The molecule has 18 heavy (non-hydrogen) atoms. The molecular weight excluding hydrogens is 300 g/mol. The lowest BCUT2D eigenvalue weighted by molar-refractivity contribution is 0.190. The first-order valence-corrected chi connectivity index (χ1v) is 6.47. The number of aliphatic hydroxyl groups is 1. The zero-order valence-electron chi connectivity index (χ0n) is 10.4. The topological polar surface area (TPSA) is 70.6 Å². The van der Waals surface area contributed by atoms with E-state index in [-0.39, 0.29) is 12.6 Å². The van der Waals surface area contributed by atoms with E-state index in [9.17, 15) is 4.79 Å². The minimum absolute atomic E-state index is 0.212. The Morgan fingerprint density at radius 2 is 2.28 bits per heavy atom. The van der Waals surface area contributed by atoms with Gasteiger partial charge in [0.05, 0.1) is 17.2 Å². The van der Waals surface area contributed by atoms with Crippen LogP contribution >= 0.6 is 15.9 Å². The summed E-state index contributed by atoms with van der Waals surface area (Å²) in [5, 5.41) is 14.2. The standard InChI is InChI=1S/C12H17BrN2O3/c1-3-18-11-5-4-9(6-10(11)13)15-12(17)14-7-8(2)16/h4-6,8,16H,3,7H2,1-2H3,(H2,14,15,17)/t8-/m0/s1. The summed E-state index contributed by atoms with van der Waals surface area (Å²) in [6.45, 7) is 4.31. The van der Waals surface area contributed by atoms with Gasteiger partial charge in [-0.1, -0.05) is 0 Å². The molecule has 0 aromatic heterocycles. The van der Waals surface area contributed by atoms with Gasteiger partial charge >= 0.3 is 6.03 Å². The molecule has 0 saturated heterocycles. The first-order chi connectivity index (χ1) is 8.52. The largest absolute Gasteiger partial charge is 0.493 e. The average Bonchev–Trinajstić information content (AvgIpc) is 2.30. The number of aliphatic hydroxyl groups excluding tert-OH is 1. The number of anilines is 1. The van der Waals surface area contributed by atoms with E-state index in [0.29, 0.717) is 12.3 Å². The molecule has 0 aliphatic heterocycles. The van der Waals surface area contributed by atoms with Crippen LogP contribution in [0.2, 0.25) is 0 Å². The molecule has 6 heteroatoms. The number of hydrogen-bond donors (Lipinski definition) is 3. The quantitative estimate of drug-likeness (QED) is 0.781. The number of hydrogen-bond acceptors (Lipinski definition) is 3. The molecule has 0 spiro atoms. The second-order valence-corrected chi connectivity index (χ2v) is 4.62. The summed E-state index contributed by atoms with van der Waals surface area (Å²) in [4.78, 5) is 11.5. The van der Waals surface area contributed by atoms with Crippen molar-refractivity contribution in [2.75, 3.05) is 18.5 Å². The third kappa shape index (κ3) is 4.93. The molecule has 0 heterocycles. The first kappa shape index (κ1) is 14.8. The van der Waals surface area contributed by atoms with E-state index in [2.05, 4.69) is 26.6 Å². The molecule has 2 amide bonds. The third-order valence-electron chi connectivity index (χ3n) is 2.05. The number of benzene rings is 1. The Labute approximate surface area is 115 Å². The fourth-order valence-electron chi connectivity index (χ4n) is 1.27. The van der Waals surface area contributed by atoms with Gasteiger partial charge in [0.1, 0.15) is 5.75 Å². The van der Waals surface area contributed by atoms with E-state index in [1.165, 1.54) is 0 Å². The van der Waals surface area contributed by atoms with Crippen molar-refractivity contribution in [1.29, 1.82) is 0 Å². The smallest absolute Gasteiger partial charge is 0.319 e. The van der Waals surface area contributed by atoms with Gasteiger partial charge in [0.2, 0.25) is 0 Å². The van der Waals surface area contributed by atoms with Gasteiger partial charge in [0.25, 0.3) is 0 Å². The second-order valence-electron chi connectivity index (χ2n) is 3.76. The Bertz CT molecular complexity index is 410. The van der Waals surface area contributed by atoms with Crippen LogP contribution in [0, 0.1) is 0 Å². The van der Waals surface area contributed by atoms with Crippen LogP contribution in [0.25, 0.3) is 0 Å². The lowest BCUT2D eigenvalue weighted by Gasteiger charge is -2.11. The summed E-state index contributed by atoms with van der Waals surface area (Å²) < 4.78 is 6.14. The SMILES string of the molecule is CCOc1ccc(NC(=O)NC[C@H](C)O)cc1Br. The summed E-state index contributed by atoms with van der Waals surface area (Å²) in [5.74, 6) is 0.729. The molecule has 1 rings (SSSR count). The van der Waals surface area contributed by atoms with Crippen molar-refractivity contribution >= 4 is 27.6 Å². The summed E-state index contributed by atoms with van der Waals surface area (Å²) in [6, 6.07) is 4.93. The zero-order valence-corrected chi connectivity index (χ0v) is 12.0. The van der Waals surface area contributed by atoms with Crippen LogP contribution < -0.4 is 15.4 Å². The number of nitrogens with one attached hydrogen (secondary N) is 2. The predicted molar refractivity (Wildman–Crippen MR) is 74.0 cm³/mol. The van der Waals surface area contributed by atoms with E-state index >= 15 is 0 Å². The summed E-state index contributed by atoms with van der Waals surface area (Å²) in [6.07, 6.45) is -0.567. The van der Waals surface area contributed by atoms with Crippen molar-refractivity contribution in [3.63, 3.8) is 0 Å². The monoisotopic (exact) mass is 316 g/mol. The molecule has 0 fully saturated rings. The second kappa shape index (κ2) is 7.23. The molecule has 0 radical (unpaired) electrons. The molecule has 0 aliphatic rings. The van der Waals surface area contributed by atoms with Crippen LogP contribution in [0.4, 0.5) is 10.5 Å².